The van der Waals surface area contributed by atoms with E-state index in [4.69, 9.17) is 16.3 Å². The summed E-state index contributed by atoms with van der Waals surface area (Å²) in [6.45, 7) is 2.04. The number of phenolic OH excluding ortho intramolecular Hbond substituents is 1. The van der Waals surface area contributed by atoms with Gasteiger partial charge in [0.05, 0.1) is 35.2 Å². The molecule has 0 spiro atoms. The molecular formula is C26H25ClN5O2. The molecule has 4 N–H and O–H groups in total. The van der Waals surface area contributed by atoms with Gasteiger partial charge in [0.1, 0.15) is 5.82 Å². The predicted octanol–water partition coefficient (Wildman–Crippen LogP) is 5.37. The molecule has 1 saturated heterocycles. The van der Waals surface area contributed by atoms with Crippen molar-refractivity contribution in [2.24, 2.45) is 0 Å². The third-order valence-electron chi connectivity index (χ3n) is 5.94. The van der Waals surface area contributed by atoms with Crippen LogP contribution in [0.15, 0.2) is 54.9 Å². The van der Waals surface area contributed by atoms with Crippen LogP contribution in [-0.4, -0.2) is 41.3 Å². The summed E-state index contributed by atoms with van der Waals surface area (Å²) in [6.07, 6.45) is 5.79. The second kappa shape index (κ2) is 9.75. The highest BCUT2D eigenvalue weighted by atomic mass is 35.5. The van der Waals surface area contributed by atoms with Gasteiger partial charge in [-0.1, -0.05) is 17.7 Å². The quantitative estimate of drug-likeness (QED) is 0.298. The number of aromatic nitrogens is 2. The summed E-state index contributed by atoms with van der Waals surface area (Å²) in [6, 6.07) is 17.0. The number of fused-ring (bicyclic) bond motifs is 1. The number of nitrogens with one attached hydrogen (secondary N) is 3. The van der Waals surface area contributed by atoms with Crippen LogP contribution >= 0.6 is 11.6 Å². The van der Waals surface area contributed by atoms with Crippen molar-refractivity contribution in [3.63, 3.8) is 0 Å². The molecule has 1 unspecified atom stereocenters. The van der Waals surface area contributed by atoms with Crippen LogP contribution in [0.4, 0.5) is 17.2 Å². The van der Waals surface area contributed by atoms with Gasteiger partial charge in [0, 0.05) is 30.2 Å². The van der Waals surface area contributed by atoms with E-state index in [2.05, 4.69) is 32.0 Å². The number of hydrogen-bond donors (Lipinski definition) is 4. The maximum absolute atomic E-state index is 10.1. The lowest BCUT2D eigenvalue weighted by atomic mass is 10.0. The van der Waals surface area contributed by atoms with Crippen molar-refractivity contribution in [1.82, 2.24) is 15.3 Å². The normalized spacial score (nSPS) is 15.8. The fourth-order valence-corrected chi connectivity index (χ4v) is 4.36. The van der Waals surface area contributed by atoms with Crippen LogP contribution in [0, 0.1) is 6.07 Å². The summed E-state index contributed by atoms with van der Waals surface area (Å²) in [5, 5.41) is 21.5. The molecule has 5 rings (SSSR count). The van der Waals surface area contributed by atoms with Crippen LogP contribution in [0.25, 0.3) is 22.0 Å². The summed E-state index contributed by atoms with van der Waals surface area (Å²) >= 11 is 6.20. The Morgan fingerprint density at radius 2 is 2.06 bits per heavy atom. The van der Waals surface area contributed by atoms with Crippen molar-refractivity contribution in [1.29, 1.82) is 0 Å². The number of hydrogen-bond acceptors (Lipinski definition) is 7. The fourth-order valence-electron chi connectivity index (χ4n) is 4.15. The Labute approximate surface area is 203 Å². The number of pyridine rings is 2. The largest absolute Gasteiger partial charge is 0.503 e. The van der Waals surface area contributed by atoms with Gasteiger partial charge in [-0.15, -0.1) is 0 Å². The average molecular weight is 475 g/mol. The molecule has 1 atom stereocenters. The van der Waals surface area contributed by atoms with Gasteiger partial charge in [0.15, 0.2) is 11.5 Å². The third kappa shape index (κ3) is 4.71. The molecule has 1 aliphatic rings. The van der Waals surface area contributed by atoms with Crippen LogP contribution < -0.4 is 20.7 Å². The van der Waals surface area contributed by atoms with E-state index in [1.54, 1.807) is 18.3 Å². The summed E-state index contributed by atoms with van der Waals surface area (Å²) in [7, 11) is 1.50. The number of anilines is 3. The molecule has 8 heteroatoms. The number of benzene rings is 2. The molecule has 0 saturated carbocycles. The molecule has 7 nitrogen and oxygen atoms in total. The number of methoxy groups -OCH3 is 1. The molecule has 0 amide bonds. The van der Waals surface area contributed by atoms with Crippen LogP contribution in [0.1, 0.15) is 12.8 Å². The van der Waals surface area contributed by atoms with E-state index in [0.717, 1.165) is 58.7 Å². The highest BCUT2D eigenvalue weighted by Gasteiger charge is 2.14. The van der Waals surface area contributed by atoms with E-state index < -0.39 is 0 Å². The van der Waals surface area contributed by atoms with Crippen LogP contribution in [0.5, 0.6) is 11.5 Å². The Morgan fingerprint density at radius 3 is 2.82 bits per heavy atom. The number of rotatable bonds is 6. The first kappa shape index (κ1) is 22.3. The van der Waals surface area contributed by atoms with Gasteiger partial charge < -0.3 is 25.8 Å². The fraction of sp³-hybridized carbons (Fsp3) is 0.231. The van der Waals surface area contributed by atoms with E-state index in [-0.39, 0.29) is 10.8 Å². The van der Waals surface area contributed by atoms with Crippen molar-refractivity contribution in [3.05, 3.63) is 65.9 Å². The topological polar surface area (TPSA) is 91.3 Å². The molecule has 3 heterocycles. The monoisotopic (exact) mass is 474 g/mol. The van der Waals surface area contributed by atoms with Crippen LogP contribution in [0.3, 0.4) is 0 Å². The first-order valence-electron chi connectivity index (χ1n) is 11.2. The van der Waals surface area contributed by atoms with Crippen molar-refractivity contribution in [3.8, 4) is 22.6 Å². The van der Waals surface area contributed by atoms with Gasteiger partial charge in [-0.3, -0.25) is 4.98 Å². The molecule has 173 valence electrons. The Hall–Kier alpha value is -3.55. The molecule has 1 fully saturated rings. The van der Waals surface area contributed by atoms with E-state index in [0.29, 0.717) is 11.8 Å². The first-order valence-corrected chi connectivity index (χ1v) is 11.6. The molecule has 1 radical (unpaired) electrons. The SMILES string of the molecule is COc1cc(-c2ccc3nc[c]c(Nc4ccc(NC5CCCNC5)nc4)c3c2)cc(Cl)c1O. The number of piperidine rings is 1. The molecule has 4 aromatic rings. The van der Waals surface area contributed by atoms with E-state index >= 15 is 0 Å². The number of phenols is 1. The number of halogens is 1. The molecular weight excluding hydrogens is 450 g/mol. The summed E-state index contributed by atoms with van der Waals surface area (Å²) in [5.74, 6) is 1.11. The van der Waals surface area contributed by atoms with Crippen LogP contribution in [-0.2, 0) is 0 Å². The Morgan fingerprint density at radius 1 is 1.15 bits per heavy atom. The summed E-state index contributed by atoms with van der Waals surface area (Å²) in [5.41, 5.74) is 4.22. The Kier molecular flexibility index (Phi) is 6.38. The van der Waals surface area contributed by atoms with Gasteiger partial charge in [-0.2, -0.15) is 0 Å². The van der Waals surface area contributed by atoms with Crippen molar-refractivity contribution in [2.45, 2.75) is 18.9 Å². The van der Waals surface area contributed by atoms with E-state index in [1.165, 1.54) is 13.5 Å². The minimum atomic E-state index is -0.0729. The molecule has 2 aromatic carbocycles. The minimum absolute atomic E-state index is 0.0729. The summed E-state index contributed by atoms with van der Waals surface area (Å²) in [4.78, 5) is 9.01. The Bertz CT molecular complexity index is 1310. The van der Waals surface area contributed by atoms with E-state index in [9.17, 15) is 5.11 Å². The maximum Gasteiger partial charge on any atom is 0.176 e. The maximum atomic E-state index is 10.1. The van der Waals surface area contributed by atoms with Crippen molar-refractivity contribution < 1.29 is 9.84 Å². The number of aromatic hydroxyl groups is 1. The number of ether oxygens (including phenoxy) is 1. The molecule has 0 bridgehead atoms. The lowest BCUT2D eigenvalue weighted by molar-refractivity contribution is 0.374. The van der Waals surface area contributed by atoms with Crippen molar-refractivity contribution >= 4 is 39.7 Å². The highest BCUT2D eigenvalue weighted by molar-refractivity contribution is 6.32. The van der Waals surface area contributed by atoms with Gasteiger partial charge in [-0.05, 0) is 66.9 Å². The minimum Gasteiger partial charge on any atom is -0.503 e. The predicted molar refractivity (Wildman–Crippen MR) is 136 cm³/mol. The molecule has 2 aromatic heterocycles. The smallest absolute Gasteiger partial charge is 0.176 e. The molecule has 1 aliphatic heterocycles. The first-order chi connectivity index (χ1) is 16.6. The highest BCUT2D eigenvalue weighted by Crippen LogP contribution is 2.39. The average Bonchev–Trinajstić information content (AvgIpc) is 2.87. The lowest BCUT2D eigenvalue weighted by Crippen LogP contribution is -2.38. The Balaban J connectivity index is 1.41. The van der Waals surface area contributed by atoms with E-state index in [1.807, 2.05) is 36.5 Å². The second-order valence-electron chi connectivity index (χ2n) is 8.26. The number of nitrogens with zero attached hydrogens (tertiary/aromatic N) is 2. The lowest BCUT2D eigenvalue weighted by Gasteiger charge is -2.24. The standard InChI is InChI=1S/C26H25ClN5O2/c1-34-24-13-17(12-21(27)26(24)33)16-4-6-22-20(11-16)23(8-10-29-22)31-19-5-7-25(30-15-19)32-18-3-2-9-28-14-18/h4-7,10-13,15,18,28,33H,2-3,9,14H2,1H3,(H,29,31)(H,30,32). The molecule has 34 heavy (non-hydrogen) atoms. The van der Waals surface area contributed by atoms with Gasteiger partial charge in [-0.25, -0.2) is 4.98 Å². The van der Waals surface area contributed by atoms with Gasteiger partial charge in [0.2, 0.25) is 0 Å². The second-order valence-corrected chi connectivity index (χ2v) is 8.67. The zero-order chi connectivity index (χ0) is 23.5. The van der Waals surface area contributed by atoms with Crippen LogP contribution in [0.2, 0.25) is 5.02 Å². The summed E-state index contributed by atoms with van der Waals surface area (Å²) < 4.78 is 5.25. The van der Waals surface area contributed by atoms with Crippen molar-refractivity contribution in [2.75, 3.05) is 30.8 Å². The molecule has 0 aliphatic carbocycles. The third-order valence-corrected chi connectivity index (χ3v) is 6.23. The van der Waals surface area contributed by atoms with Gasteiger partial charge >= 0.3 is 0 Å². The zero-order valence-electron chi connectivity index (χ0n) is 18.7. The van der Waals surface area contributed by atoms with Gasteiger partial charge in [0.25, 0.3) is 0 Å². The zero-order valence-corrected chi connectivity index (χ0v) is 19.5.